The van der Waals surface area contributed by atoms with E-state index in [-0.39, 0.29) is 30.1 Å². The zero-order valence-electron chi connectivity index (χ0n) is 16.8. The Morgan fingerprint density at radius 1 is 1.20 bits per heavy atom. The highest BCUT2D eigenvalue weighted by Crippen LogP contribution is 2.43. The van der Waals surface area contributed by atoms with Crippen LogP contribution in [-0.2, 0) is 0 Å². The van der Waals surface area contributed by atoms with Crippen molar-refractivity contribution in [2.24, 2.45) is 11.8 Å². The second-order valence-corrected chi connectivity index (χ2v) is 9.34. The summed E-state index contributed by atoms with van der Waals surface area (Å²) in [5, 5.41) is 10.9. The zero-order valence-corrected chi connectivity index (χ0v) is 16.8. The molecule has 5 atom stereocenters. The molecule has 0 bridgehead atoms. The van der Waals surface area contributed by atoms with Crippen molar-refractivity contribution >= 4 is 11.6 Å². The van der Waals surface area contributed by atoms with Crippen LogP contribution in [0, 0.1) is 11.8 Å². The molecular formula is C21H26F3N3O3. The third kappa shape index (κ3) is 3.00. The molecule has 3 aliphatic carbocycles. The van der Waals surface area contributed by atoms with Crippen LogP contribution in [-0.4, -0.2) is 56.9 Å². The van der Waals surface area contributed by atoms with Gasteiger partial charge in [-0.25, -0.2) is 18.0 Å². The molecule has 1 aromatic rings. The molecule has 3 fully saturated rings. The van der Waals surface area contributed by atoms with Gasteiger partial charge in [0.25, 0.3) is 11.5 Å². The molecule has 1 saturated heterocycles. The predicted molar refractivity (Wildman–Crippen MR) is 104 cm³/mol. The van der Waals surface area contributed by atoms with Crippen LogP contribution in [0.25, 0.3) is 11.6 Å². The normalized spacial score (nSPS) is 36.0. The predicted octanol–water partition coefficient (Wildman–Crippen LogP) is 0.271. The van der Waals surface area contributed by atoms with E-state index in [1.54, 1.807) is 11.5 Å². The second kappa shape index (κ2) is 6.82. The summed E-state index contributed by atoms with van der Waals surface area (Å²) >= 11 is 0. The molecule has 5 unspecified atom stereocenters. The van der Waals surface area contributed by atoms with E-state index in [0.29, 0.717) is 30.3 Å². The first-order chi connectivity index (χ1) is 14.2. The van der Waals surface area contributed by atoms with Crippen LogP contribution in [0.15, 0.2) is 9.59 Å². The maximum atomic E-state index is 15.3. The van der Waals surface area contributed by atoms with Crippen molar-refractivity contribution in [1.29, 1.82) is 0 Å². The van der Waals surface area contributed by atoms with E-state index in [0.717, 1.165) is 12.8 Å². The number of nitrogens with one attached hydrogen (secondary N) is 1. The summed E-state index contributed by atoms with van der Waals surface area (Å²) < 4.78 is 45.3. The number of H-pyrrole nitrogens is 1. The number of aliphatic hydroxyl groups is 1. The molecule has 0 spiro atoms. The monoisotopic (exact) mass is 425 g/mol. The first-order valence-electron chi connectivity index (χ1n) is 10.7. The summed E-state index contributed by atoms with van der Waals surface area (Å²) in [7, 11) is 0. The quantitative estimate of drug-likeness (QED) is 0.713. The van der Waals surface area contributed by atoms with Crippen LogP contribution in [0.2, 0.25) is 0 Å². The minimum absolute atomic E-state index is 0.00607. The van der Waals surface area contributed by atoms with Crippen molar-refractivity contribution in [2.45, 2.75) is 69.3 Å². The molecule has 9 heteroatoms. The van der Waals surface area contributed by atoms with Crippen LogP contribution in [0.1, 0.15) is 45.1 Å². The van der Waals surface area contributed by atoms with Crippen molar-refractivity contribution < 1.29 is 18.3 Å². The Hall–Kier alpha value is -1.87. The van der Waals surface area contributed by atoms with Gasteiger partial charge in [0.2, 0.25) is 0 Å². The molecule has 2 heterocycles. The fourth-order valence-electron chi connectivity index (χ4n) is 5.79. The van der Waals surface area contributed by atoms with Gasteiger partial charge >= 0.3 is 5.69 Å². The summed E-state index contributed by atoms with van der Waals surface area (Å²) in [6.07, 6.45) is 0.252. The van der Waals surface area contributed by atoms with Crippen molar-refractivity contribution in [3.05, 3.63) is 31.4 Å². The van der Waals surface area contributed by atoms with Gasteiger partial charge in [0.1, 0.15) is 12.3 Å². The molecule has 0 radical (unpaired) electrons. The molecule has 4 aliphatic rings. The van der Waals surface area contributed by atoms with E-state index in [4.69, 9.17) is 0 Å². The zero-order chi connectivity index (χ0) is 21.4. The summed E-state index contributed by atoms with van der Waals surface area (Å²) in [5.41, 5.74) is -0.520. The van der Waals surface area contributed by atoms with Gasteiger partial charge in [-0.1, -0.05) is 0 Å². The van der Waals surface area contributed by atoms with Gasteiger partial charge in [-0.3, -0.25) is 19.2 Å². The first-order valence-corrected chi connectivity index (χ1v) is 10.7. The minimum atomic E-state index is -3.13. The number of rotatable bonds is 2. The van der Waals surface area contributed by atoms with Crippen LogP contribution >= 0.6 is 0 Å². The van der Waals surface area contributed by atoms with Gasteiger partial charge < -0.3 is 5.11 Å². The third-order valence-corrected chi connectivity index (χ3v) is 7.37. The number of aromatic nitrogens is 2. The molecule has 30 heavy (non-hydrogen) atoms. The number of nitrogens with zero attached hydrogens (tertiary/aromatic N) is 2. The Balaban J connectivity index is 1.58. The standard InChI is InChI=1S/C21H26F3N3O3/c1-10-16-13(19(29)25-20(30)27(16)12-4-5-12)7-15(22)17(10)26-8-11-3-2-6-21(23,24)18(28)14(11)9-26/h7,11-12,14-15,17-18,28H,2-6,8-9H2,1H3,(H,25,29,30). The Morgan fingerprint density at radius 2 is 1.93 bits per heavy atom. The van der Waals surface area contributed by atoms with Crippen molar-refractivity contribution in [2.75, 3.05) is 13.1 Å². The second-order valence-electron chi connectivity index (χ2n) is 9.34. The summed E-state index contributed by atoms with van der Waals surface area (Å²) in [5.74, 6) is -3.87. The lowest BCUT2D eigenvalue weighted by atomic mass is 9.88. The van der Waals surface area contributed by atoms with Crippen LogP contribution in [0.3, 0.4) is 0 Å². The SMILES string of the molecule is CC1=c2c(c(=O)[nH]c(=O)n2C2CC2)=CC(F)C1N1CC2CCCC(F)(F)C(O)C2C1. The van der Waals surface area contributed by atoms with E-state index in [9.17, 15) is 23.5 Å². The summed E-state index contributed by atoms with van der Waals surface area (Å²) in [6, 6.07) is -0.745. The van der Waals surface area contributed by atoms with Gasteiger partial charge in [0.05, 0.1) is 16.6 Å². The van der Waals surface area contributed by atoms with Crippen molar-refractivity contribution in [3.8, 4) is 0 Å². The lowest BCUT2D eigenvalue weighted by Gasteiger charge is -2.33. The first kappa shape index (κ1) is 20.1. The molecular weight excluding hydrogens is 399 g/mol. The highest BCUT2D eigenvalue weighted by atomic mass is 19.3. The van der Waals surface area contributed by atoms with Crippen LogP contribution in [0.4, 0.5) is 13.2 Å². The van der Waals surface area contributed by atoms with Crippen LogP contribution < -0.4 is 21.8 Å². The Bertz CT molecular complexity index is 1110. The van der Waals surface area contributed by atoms with Crippen molar-refractivity contribution in [1.82, 2.24) is 14.5 Å². The fourth-order valence-corrected chi connectivity index (χ4v) is 5.79. The fraction of sp³-hybridized carbons (Fsp3) is 0.714. The summed E-state index contributed by atoms with van der Waals surface area (Å²) in [4.78, 5) is 28.9. The topological polar surface area (TPSA) is 78.3 Å². The van der Waals surface area contributed by atoms with E-state index >= 15 is 4.39 Å². The van der Waals surface area contributed by atoms with Crippen LogP contribution in [0.5, 0.6) is 0 Å². The third-order valence-electron chi connectivity index (χ3n) is 7.37. The molecule has 164 valence electrons. The Labute approximate surface area is 170 Å². The molecule has 1 aliphatic heterocycles. The number of aliphatic hydroxyl groups excluding tert-OH is 1. The lowest BCUT2D eigenvalue weighted by Crippen LogP contribution is -2.60. The van der Waals surface area contributed by atoms with Gasteiger partial charge in [-0.2, -0.15) is 0 Å². The lowest BCUT2D eigenvalue weighted by molar-refractivity contribution is -0.132. The summed E-state index contributed by atoms with van der Waals surface area (Å²) in [6.45, 7) is 2.31. The van der Waals surface area contributed by atoms with Gasteiger partial charge in [0, 0.05) is 31.5 Å². The smallest absolute Gasteiger partial charge is 0.329 e. The Morgan fingerprint density at radius 3 is 2.63 bits per heavy atom. The highest BCUT2D eigenvalue weighted by molar-refractivity contribution is 5.56. The number of likely N-dealkylation sites (tertiary alicyclic amines) is 1. The minimum Gasteiger partial charge on any atom is -0.387 e. The molecule has 2 saturated carbocycles. The molecule has 2 N–H and O–H groups in total. The molecule has 1 aromatic heterocycles. The number of alkyl halides is 3. The van der Waals surface area contributed by atoms with Crippen molar-refractivity contribution in [3.63, 3.8) is 0 Å². The molecule has 6 nitrogen and oxygen atoms in total. The van der Waals surface area contributed by atoms with E-state index in [1.807, 2.05) is 4.90 Å². The number of fused-ring (bicyclic) bond motifs is 2. The maximum absolute atomic E-state index is 15.3. The molecule has 0 amide bonds. The maximum Gasteiger partial charge on any atom is 0.329 e. The largest absolute Gasteiger partial charge is 0.387 e. The Kier molecular flexibility index (Phi) is 4.56. The molecule has 0 aromatic carbocycles. The van der Waals surface area contributed by atoms with E-state index in [1.165, 1.54) is 6.08 Å². The molecule has 5 rings (SSSR count). The highest BCUT2D eigenvalue weighted by Gasteiger charge is 2.52. The number of hydrogen-bond acceptors (Lipinski definition) is 4. The average Bonchev–Trinajstić information content (AvgIpc) is 3.43. The van der Waals surface area contributed by atoms with E-state index < -0.39 is 41.4 Å². The van der Waals surface area contributed by atoms with Gasteiger partial charge in [-0.15, -0.1) is 0 Å². The number of aromatic amines is 1. The average molecular weight is 425 g/mol. The van der Waals surface area contributed by atoms with Gasteiger partial charge in [-0.05, 0) is 50.2 Å². The van der Waals surface area contributed by atoms with E-state index in [2.05, 4.69) is 4.98 Å². The van der Waals surface area contributed by atoms with Gasteiger partial charge in [0.15, 0.2) is 0 Å². The number of hydrogen-bond donors (Lipinski definition) is 2. The number of halogens is 3.